The van der Waals surface area contributed by atoms with E-state index in [1.807, 2.05) is 0 Å². The molecule has 114 valence electrons. The summed E-state index contributed by atoms with van der Waals surface area (Å²) in [6.07, 6.45) is 6.68. The van der Waals surface area contributed by atoms with Crippen LogP contribution >= 0.6 is 0 Å². The molecular formula is C14H21N5O2. The average molecular weight is 291 g/mol. The fourth-order valence-electron chi connectivity index (χ4n) is 3.24. The molecule has 1 amide bonds. The van der Waals surface area contributed by atoms with E-state index in [9.17, 15) is 4.79 Å². The van der Waals surface area contributed by atoms with Crippen molar-refractivity contribution in [2.45, 2.75) is 50.7 Å². The normalized spacial score (nSPS) is 32.2. The van der Waals surface area contributed by atoms with Gasteiger partial charge in [-0.05, 0) is 39.0 Å². The van der Waals surface area contributed by atoms with E-state index in [4.69, 9.17) is 4.74 Å². The fraction of sp³-hybridized carbons (Fsp3) is 0.714. The number of rotatable bonds is 4. The number of methoxy groups -OCH3 is 1. The van der Waals surface area contributed by atoms with Crippen molar-refractivity contribution in [1.29, 1.82) is 0 Å². The SMILES string of the molecule is COC1(c2nn[nH]n2)CC(C(=O)NC2C=C(C)CCC2)C1. The summed E-state index contributed by atoms with van der Waals surface area (Å²) in [5.41, 5.74) is 0.797. The molecule has 1 fully saturated rings. The minimum absolute atomic E-state index is 0.0425. The van der Waals surface area contributed by atoms with Gasteiger partial charge in [0.1, 0.15) is 5.60 Å². The first kappa shape index (κ1) is 14.2. The van der Waals surface area contributed by atoms with Gasteiger partial charge in [0.15, 0.2) is 0 Å². The number of H-pyrrole nitrogens is 1. The van der Waals surface area contributed by atoms with Crippen LogP contribution in [-0.4, -0.2) is 39.7 Å². The van der Waals surface area contributed by atoms with E-state index in [1.54, 1.807) is 7.11 Å². The standard InChI is InChI=1S/C14H21N5O2/c1-9-4-3-5-11(6-9)15-12(20)10-7-14(8-10,21-2)13-16-18-19-17-13/h6,10-11H,3-5,7-8H2,1-2H3,(H,15,20)(H,16,17,18,19). The van der Waals surface area contributed by atoms with E-state index in [1.165, 1.54) is 5.57 Å². The van der Waals surface area contributed by atoms with Gasteiger partial charge < -0.3 is 10.1 Å². The van der Waals surface area contributed by atoms with Gasteiger partial charge in [-0.25, -0.2) is 0 Å². The monoisotopic (exact) mass is 291 g/mol. The smallest absolute Gasteiger partial charge is 0.223 e. The molecule has 1 aromatic rings. The van der Waals surface area contributed by atoms with Crippen LogP contribution in [0, 0.1) is 5.92 Å². The summed E-state index contributed by atoms with van der Waals surface area (Å²) in [4.78, 5) is 12.3. The number of amides is 1. The highest BCUT2D eigenvalue weighted by Crippen LogP contribution is 2.46. The molecule has 2 aliphatic rings. The fourth-order valence-corrected chi connectivity index (χ4v) is 3.24. The molecule has 0 aliphatic heterocycles. The zero-order valence-electron chi connectivity index (χ0n) is 12.4. The first-order valence-corrected chi connectivity index (χ1v) is 7.40. The van der Waals surface area contributed by atoms with E-state index in [2.05, 4.69) is 38.9 Å². The zero-order chi connectivity index (χ0) is 14.9. The maximum atomic E-state index is 12.3. The van der Waals surface area contributed by atoms with Crippen LogP contribution in [0.4, 0.5) is 0 Å². The molecule has 0 aromatic carbocycles. The highest BCUT2D eigenvalue weighted by molar-refractivity contribution is 5.80. The van der Waals surface area contributed by atoms with E-state index in [-0.39, 0.29) is 17.9 Å². The lowest BCUT2D eigenvalue weighted by Gasteiger charge is -2.43. The molecule has 1 unspecified atom stereocenters. The largest absolute Gasteiger partial charge is 0.370 e. The van der Waals surface area contributed by atoms with Crippen LogP contribution in [0.5, 0.6) is 0 Å². The Labute approximate surface area is 123 Å². The second-order valence-electron chi connectivity index (χ2n) is 6.06. The van der Waals surface area contributed by atoms with Crippen LogP contribution in [0.3, 0.4) is 0 Å². The van der Waals surface area contributed by atoms with Gasteiger partial charge in [0, 0.05) is 19.1 Å². The molecule has 0 radical (unpaired) electrons. The van der Waals surface area contributed by atoms with Crippen molar-refractivity contribution in [3.63, 3.8) is 0 Å². The molecule has 2 N–H and O–H groups in total. The van der Waals surface area contributed by atoms with Crippen molar-refractivity contribution >= 4 is 5.91 Å². The van der Waals surface area contributed by atoms with Gasteiger partial charge in [-0.2, -0.15) is 5.21 Å². The summed E-state index contributed by atoms with van der Waals surface area (Å²) >= 11 is 0. The molecule has 21 heavy (non-hydrogen) atoms. The highest BCUT2D eigenvalue weighted by Gasteiger charge is 2.52. The van der Waals surface area contributed by atoms with Gasteiger partial charge in [0.05, 0.1) is 0 Å². The van der Waals surface area contributed by atoms with Gasteiger partial charge in [0.2, 0.25) is 11.7 Å². The van der Waals surface area contributed by atoms with E-state index < -0.39 is 5.60 Å². The van der Waals surface area contributed by atoms with Crippen LogP contribution in [0.1, 0.15) is 44.9 Å². The molecule has 1 atom stereocenters. The van der Waals surface area contributed by atoms with Gasteiger partial charge in [0.25, 0.3) is 0 Å². The van der Waals surface area contributed by atoms with Crippen molar-refractivity contribution in [2.24, 2.45) is 5.92 Å². The second-order valence-corrected chi connectivity index (χ2v) is 6.06. The van der Waals surface area contributed by atoms with Gasteiger partial charge >= 0.3 is 0 Å². The lowest BCUT2D eigenvalue weighted by molar-refractivity contribution is -0.152. The van der Waals surface area contributed by atoms with Crippen LogP contribution < -0.4 is 5.32 Å². The van der Waals surface area contributed by atoms with Crippen LogP contribution in [-0.2, 0) is 15.1 Å². The molecule has 3 rings (SSSR count). The summed E-state index contributed by atoms with van der Waals surface area (Å²) in [5.74, 6) is 0.587. The Kier molecular flexibility index (Phi) is 3.75. The Morgan fingerprint density at radius 1 is 1.52 bits per heavy atom. The van der Waals surface area contributed by atoms with Gasteiger partial charge in [-0.3, -0.25) is 4.79 Å². The molecule has 1 aromatic heterocycles. The predicted octanol–water partition coefficient (Wildman–Crippen LogP) is 1.07. The van der Waals surface area contributed by atoms with Gasteiger partial charge in [-0.15, -0.1) is 10.2 Å². The number of nitrogens with zero attached hydrogens (tertiary/aromatic N) is 3. The molecule has 7 nitrogen and oxygen atoms in total. The second kappa shape index (κ2) is 5.55. The number of nitrogens with one attached hydrogen (secondary N) is 2. The predicted molar refractivity (Wildman–Crippen MR) is 75.1 cm³/mol. The molecule has 0 saturated heterocycles. The Morgan fingerprint density at radius 3 is 2.95 bits per heavy atom. The van der Waals surface area contributed by atoms with Crippen LogP contribution in [0.25, 0.3) is 0 Å². The molecule has 2 aliphatic carbocycles. The molecular weight excluding hydrogens is 270 g/mol. The Hall–Kier alpha value is -1.76. The third-order valence-corrected chi connectivity index (χ3v) is 4.57. The lowest BCUT2D eigenvalue weighted by Crippen LogP contribution is -2.51. The Balaban J connectivity index is 1.58. The molecule has 0 spiro atoms. The number of aromatic nitrogens is 4. The van der Waals surface area contributed by atoms with Crippen LogP contribution in [0.2, 0.25) is 0 Å². The van der Waals surface area contributed by atoms with E-state index >= 15 is 0 Å². The quantitative estimate of drug-likeness (QED) is 0.809. The third kappa shape index (κ3) is 2.70. The van der Waals surface area contributed by atoms with Gasteiger partial charge in [-0.1, -0.05) is 16.9 Å². The number of ether oxygens (including phenoxy) is 1. The highest BCUT2D eigenvalue weighted by atomic mass is 16.5. The van der Waals surface area contributed by atoms with Crippen molar-refractivity contribution in [1.82, 2.24) is 25.9 Å². The topological polar surface area (TPSA) is 92.8 Å². The van der Waals surface area contributed by atoms with Crippen LogP contribution in [0.15, 0.2) is 11.6 Å². The minimum atomic E-state index is -0.562. The number of hydrogen-bond donors (Lipinski definition) is 2. The first-order valence-electron chi connectivity index (χ1n) is 7.40. The molecule has 0 bridgehead atoms. The first-order chi connectivity index (χ1) is 10.1. The Morgan fingerprint density at radius 2 is 2.33 bits per heavy atom. The number of carbonyl (C=O) groups excluding carboxylic acids is 1. The number of carbonyl (C=O) groups is 1. The molecule has 1 saturated carbocycles. The Bertz CT molecular complexity index is 534. The number of aromatic amines is 1. The van der Waals surface area contributed by atoms with E-state index in [0.717, 1.165) is 19.3 Å². The summed E-state index contributed by atoms with van der Waals surface area (Å²) < 4.78 is 5.53. The summed E-state index contributed by atoms with van der Waals surface area (Å²) in [6, 6.07) is 0.175. The molecule has 7 heteroatoms. The third-order valence-electron chi connectivity index (χ3n) is 4.57. The average Bonchev–Trinajstić information content (AvgIpc) is 2.92. The summed E-state index contributed by atoms with van der Waals surface area (Å²) in [6.45, 7) is 2.12. The summed E-state index contributed by atoms with van der Waals surface area (Å²) in [7, 11) is 1.62. The van der Waals surface area contributed by atoms with E-state index in [0.29, 0.717) is 18.7 Å². The minimum Gasteiger partial charge on any atom is -0.370 e. The van der Waals surface area contributed by atoms with Crippen molar-refractivity contribution in [3.8, 4) is 0 Å². The maximum absolute atomic E-state index is 12.3. The summed E-state index contributed by atoms with van der Waals surface area (Å²) in [5, 5.41) is 17.1. The zero-order valence-corrected chi connectivity index (χ0v) is 12.4. The lowest BCUT2D eigenvalue weighted by atomic mass is 9.69. The number of tetrazole rings is 1. The molecule has 1 heterocycles. The maximum Gasteiger partial charge on any atom is 0.223 e. The number of hydrogen-bond acceptors (Lipinski definition) is 5. The van der Waals surface area contributed by atoms with Crippen molar-refractivity contribution in [3.05, 3.63) is 17.5 Å². The van der Waals surface area contributed by atoms with Crippen molar-refractivity contribution < 1.29 is 9.53 Å². The van der Waals surface area contributed by atoms with Crippen molar-refractivity contribution in [2.75, 3.05) is 7.11 Å². The number of allylic oxidation sites excluding steroid dienone is 1.